The van der Waals surface area contributed by atoms with E-state index in [1.807, 2.05) is 0 Å². The van der Waals surface area contributed by atoms with Crippen molar-refractivity contribution >= 4 is 16.2 Å². The standard InChI is InChI=1S/C16H13.C9H13.C2H6Si.Zr/c1-12-10-14-8-5-9-15(16(14)11-12)13-6-3-2-4-7-13;1-6-5-7(2)9(4)8(6)3;1-3-2;/h2-11H,1H3;6H,1-4H3;1-2H3;/q2*-1;;+2. The van der Waals surface area contributed by atoms with Crippen molar-refractivity contribution in [1.82, 2.24) is 0 Å². The molecule has 1 aliphatic carbocycles. The molecule has 0 amide bonds. The maximum absolute atomic E-state index is 3.36. The van der Waals surface area contributed by atoms with Crippen LogP contribution in [-0.4, -0.2) is 5.43 Å². The minimum Gasteiger partial charge on any atom is -0.165 e. The molecular formula is C27H32SiZr. The Hall–Kier alpha value is -1.37. The van der Waals surface area contributed by atoms with Gasteiger partial charge in [0.05, 0.1) is 0 Å². The molecule has 0 saturated carbocycles. The van der Waals surface area contributed by atoms with E-state index in [2.05, 4.69) is 114 Å². The van der Waals surface area contributed by atoms with E-state index in [1.165, 1.54) is 44.2 Å². The number of allylic oxidation sites excluding steroid dienone is 4. The molecule has 0 nitrogen and oxygen atoms in total. The topological polar surface area (TPSA) is 0 Å². The molecule has 3 aromatic carbocycles. The second-order valence-corrected chi connectivity index (χ2v) is 17.4. The van der Waals surface area contributed by atoms with Crippen LogP contribution in [0.15, 0.2) is 77.4 Å². The minimum absolute atomic E-state index is 0.210. The molecule has 0 aliphatic heterocycles. The molecule has 29 heavy (non-hydrogen) atoms. The van der Waals surface area contributed by atoms with E-state index >= 15 is 0 Å². The van der Waals surface area contributed by atoms with E-state index in [-0.39, 0.29) is 5.43 Å². The molecule has 1 unspecified atom stereocenters. The molecule has 148 valence electrons. The van der Waals surface area contributed by atoms with E-state index in [0.717, 1.165) is 0 Å². The van der Waals surface area contributed by atoms with Crippen LogP contribution in [0.2, 0.25) is 13.1 Å². The Labute approximate surface area is 192 Å². The molecule has 0 radical (unpaired) electrons. The number of benzene rings is 2. The van der Waals surface area contributed by atoms with Crippen LogP contribution in [0.4, 0.5) is 0 Å². The SMILES string of the molecule is CC1=[C-]C(C)C(C)=C1C.C[Si](C)=[Zr+2].Cc1cc2c(-c3ccccc3)cccc2[cH-]1. The predicted molar refractivity (Wildman–Crippen MR) is 127 cm³/mol. The molecule has 0 spiro atoms. The minimum atomic E-state index is 0.210. The van der Waals surface area contributed by atoms with Crippen LogP contribution in [0.5, 0.6) is 0 Å². The van der Waals surface area contributed by atoms with Crippen molar-refractivity contribution < 1.29 is 23.3 Å². The monoisotopic (exact) mass is 474 g/mol. The van der Waals surface area contributed by atoms with E-state index in [9.17, 15) is 0 Å². The third-order valence-corrected chi connectivity index (χ3v) is 5.22. The maximum atomic E-state index is 3.36. The summed E-state index contributed by atoms with van der Waals surface area (Å²) < 4.78 is 0. The zero-order valence-electron chi connectivity index (χ0n) is 18.9. The van der Waals surface area contributed by atoms with Crippen LogP contribution >= 0.6 is 0 Å². The largest absolute Gasteiger partial charge is 0.165 e. The number of aryl methyl sites for hydroxylation is 1. The van der Waals surface area contributed by atoms with Gasteiger partial charge in [-0.1, -0.05) is 75.6 Å². The van der Waals surface area contributed by atoms with Crippen molar-refractivity contribution in [1.29, 1.82) is 0 Å². The first-order valence-corrected chi connectivity index (χ1v) is 16.4. The third-order valence-electron chi connectivity index (χ3n) is 5.22. The summed E-state index contributed by atoms with van der Waals surface area (Å²) in [6.07, 6.45) is 3.36. The first-order valence-electron chi connectivity index (χ1n) is 10.2. The molecule has 0 aromatic heterocycles. The van der Waals surface area contributed by atoms with Crippen molar-refractivity contribution in [3.8, 4) is 11.1 Å². The first-order chi connectivity index (χ1) is 13.7. The van der Waals surface area contributed by atoms with Crippen molar-refractivity contribution in [2.45, 2.75) is 47.7 Å². The van der Waals surface area contributed by atoms with E-state index < -0.39 is 0 Å². The molecule has 0 bridgehead atoms. The maximum Gasteiger partial charge on any atom is -0.0279 e. The fourth-order valence-electron chi connectivity index (χ4n) is 3.42. The average molecular weight is 476 g/mol. The number of fused-ring (bicyclic) bond motifs is 1. The van der Waals surface area contributed by atoms with Crippen LogP contribution in [0.3, 0.4) is 0 Å². The summed E-state index contributed by atoms with van der Waals surface area (Å²) in [7, 11) is 0. The van der Waals surface area contributed by atoms with Crippen molar-refractivity contribution in [2.75, 3.05) is 0 Å². The van der Waals surface area contributed by atoms with Gasteiger partial charge in [0.15, 0.2) is 0 Å². The normalized spacial score (nSPS) is 15.3. The average Bonchev–Trinajstić information content (AvgIpc) is 3.16. The predicted octanol–water partition coefficient (Wildman–Crippen LogP) is 8.04. The van der Waals surface area contributed by atoms with Crippen LogP contribution in [0.1, 0.15) is 33.3 Å². The van der Waals surface area contributed by atoms with Crippen molar-refractivity contribution in [3.63, 3.8) is 0 Å². The van der Waals surface area contributed by atoms with Crippen LogP contribution in [0.25, 0.3) is 21.9 Å². The van der Waals surface area contributed by atoms with Gasteiger partial charge < -0.3 is 0 Å². The van der Waals surface area contributed by atoms with E-state index in [0.29, 0.717) is 5.92 Å². The molecule has 0 saturated heterocycles. The van der Waals surface area contributed by atoms with Gasteiger partial charge in [0.2, 0.25) is 0 Å². The molecule has 3 aromatic rings. The van der Waals surface area contributed by atoms with Crippen LogP contribution in [0, 0.1) is 18.9 Å². The molecule has 1 atom stereocenters. The first kappa shape index (κ1) is 23.9. The quantitative estimate of drug-likeness (QED) is 0.247. The molecule has 1 aliphatic rings. The Balaban J connectivity index is 0.000000195. The Kier molecular flexibility index (Phi) is 9.18. The molecule has 2 heteroatoms. The molecular weight excluding hydrogens is 444 g/mol. The van der Waals surface area contributed by atoms with Crippen molar-refractivity contribution in [2.24, 2.45) is 5.92 Å². The third kappa shape index (κ3) is 6.83. The second kappa shape index (κ2) is 11.1. The fraction of sp³-hybridized carbons (Fsp3) is 0.296. The van der Waals surface area contributed by atoms with Gasteiger partial charge in [0, 0.05) is 0 Å². The summed E-state index contributed by atoms with van der Waals surface area (Å²) >= 11 is 1.74. The molecule has 0 fully saturated rings. The van der Waals surface area contributed by atoms with Gasteiger partial charge in [0.25, 0.3) is 0 Å². The summed E-state index contributed by atoms with van der Waals surface area (Å²) in [6, 6.07) is 21.6. The van der Waals surface area contributed by atoms with Gasteiger partial charge in [0.1, 0.15) is 0 Å². The fourth-order valence-corrected chi connectivity index (χ4v) is 3.42. The Morgan fingerprint density at radius 1 is 0.931 bits per heavy atom. The molecule has 0 N–H and O–H groups in total. The second-order valence-electron chi connectivity index (χ2n) is 8.01. The van der Waals surface area contributed by atoms with Crippen molar-refractivity contribution in [3.05, 3.63) is 89.0 Å². The van der Waals surface area contributed by atoms with Gasteiger partial charge in [-0.05, 0) is 5.56 Å². The van der Waals surface area contributed by atoms with Gasteiger partial charge >= 0.3 is 41.9 Å². The van der Waals surface area contributed by atoms with E-state index in [4.69, 9.17) is 0 Å². The summed E-state index contributed by atoms with van der Waals surface area (Å²) in [5.41, 5.74) is 8.40. The zero-order chi connectivity index (χ0) is 21.6. The van der Waals surface area contributed by atoms with Gasteiger partial charge in [-0.3, -0.25) is 6.08 Å². The number of rotatable bonds is 1. The molecule has 4 rings (SSSR count). The van der Waals surface area contributed by atoms with Crippen LogP contribution < -0.4 is 0 Å². The Morgan fingerprint density at radius 2 is 1.55 bits per heavy atom. The van der Waals surface area contributed by atoms with Crippen LogP contribution in [-0.2, 0) is 23.3 Å². The van der Waals surface area contributed by atoms with E-state index in [1.54, 1.807) is 23.3 Å². The summed E-state index contributed by atoms with van der Waals surface area (Å²) in [6.45, 7) is 15.4. The summed E-state index contributed by atoms with van der Waals surface area (Å²) in [5.74, 6) is 0.560. The van der Waals surface area contributed by atoms with Gasteiger partial charge in [-0.15, -0.1) is 41.5 Å². The number of hydrogen-bond acceptors (Lipinski definition) is 0. The smallest absolute Gasteiger partial charge is 0.0279 e. The Morgan fingerprint density at radius 3 is 2.03 bits per heavy atom. The Bertz CT molecular complexity index is 1030. The summed E-state index contributed by atoms with van der Waals surface area (Å²) in [4.78, 5) is 0. The van der Waals surface area contributed by atoms with Gasteiger partial charge in [-0.2, -0.15) is 17.2 Å². The summed E-state index contributed by atoms with van der Waals surface area (Å²) in [5, 5.41) is 2.69. The zero-order valence-corrected chi connectivity index (χ0v) is 22.3. The molecule has 0 heterocycles. The number of hydrogen-bond donors (Lipinski definition) is 0. The van der Waals surface area contributed by atoms with Gasteiger partial charge in [-0.25, -0.2) is 5.57 Å².